The molecule has 0 aliphatic carbocycles. The van der Waals surface area contributed by atoms with Crippen LogP contribution in [0.25, 0.3) is 0 Å². The summed E-state index contributed by atoms with van der Waals surface area (Å²) >= 11 is 3.21. The van der Waals surface area contributed by atoms with Crippen LogP contribution < -0.4 is 5.32 Å². The van der Waals surface area contributed by atoms with Crippen LogP contribution in [0, 0.1) is 0 Å². The number of sulfonamides is 1. The molecule has 0 atom stereocenters. The molecule has 1 aromatic rings. The third-order valence-electron chi connectivity index (χ3n) is 3.45. The molecule has 1 N–H and O–H groups in total. The summed E-state index contributed by atoms with van der Waals surface area (Å²) in [6, 6.07) is 1.59. The van der Waals surface area contributed by atoms with Gasteiger partial charge >= 0.3 is 0 Å². The molecule has 1 aliphatic heterocycles. The van der Waals surface area contributed by atoms with Crippen molar-refractivity contribution in [1.82, 2.24) is 9.62 Å². The topological polar surface area (TPSA) is 62.6 Å². The highest BCUT2D eigenvalue weighted by Gasteiger charge is 2.42. The lowest BCUT2D eigenvalue weighted by molar-refractivity contribution is 0.291. The Morgan fingerprint density at radius 2 is 2.21 bits per heavy atom. The zero-order chi connectivity index (χ0) is 14.3. The summed E-state index contributed by atoms with van der Waals surface area (Å²) in [5, 5.41) is 2.94. The molecule has 2 rings (SSSR count). The van der Waals surface area contributed by atoms with E-state index in [0.29, 0.717) is 18.8 Å². The second-order valence-corrected chi connectivity index (χ2v) is 7.93. The highest BCUT2D eigenvalue weighted by molar-refractivity contribution is 9.10. The fourth-order valence-corrected chi connectivity index (χ4v) is 5.29. The van der Waals surface area contributed by atoms with Crippen molar-refractivity contribution in [2.24, 2.45) is 0 Å². The van der Waals surface area contributed by atoms with Gasteiger partial charge in [-0.2, -0.15) is 4.31 Å². The van der Waals surface area contributed by atoms with Crippen molar-refractivity contribution in [2.75, 3.05) is 13.6 Å². The first kappa shape index (κ1) is 15.0. The molecule has 0 amide bonds. The molecule has 7 heteroatoms. The Morgan fingerprint density at radius 1 is 1.53 bits per heavy atom. The minimum Gasteiger partial charge on any atom is -0.452 e. The summed E-state index contributed by atoms with van der Waals surface area (Å²) < 4.78 is 32.7. The van der Waals surface area contributed by atoms with Crippen LogP contribution in [0.2, 0.25) is 0 Å². The summed E-state index contributed by atoms with van der Waals surface area (Å²) in [7, 11) is -1.72. The van der Waals surface area contributed by atoms with E-state index in [4.69, 9.17) is 4.42 Å². The van der Waals surface area contributed by atoms with Crippen LogP contribution in [0.1, 0.15) is 32.4 Å². The van der Waals surface area contributed by atoms with Crippen LogP contribution in [0.4, 0.5) is 0 Å². The third-order valence-corrected chi connectivity index (χ3v) is 6.42. The Bertz CT molecular complexity index is 566. The van der Waals surface area contributed by atoms with Crippen molar-refractivity contribution in [3.8, 4) is 0 Å². The average Bonchev–Trinajstić information content (AvgIpc) is 2.82. The molecule has 1 aromatic heterocycles. The van der Waals surface area contributed by atoms with E-state index in [9.17, 15) is 8.42 Å². The minimum absolute atomic E-state index is 0.215. The van der Waals surface area contributed by atoms with Crippen molar-refractivity contribution < 1.29 is 12.8 Å². The first-order valence-electron chi connectivity index (χ1n) is 6.25. The molecule has 0 unspecified atom stereocenters. The lowest BCUT2D eigenvalue weighted by Gasteiger charge is -2.30. The number of hydrogen-bond acceptors (Lipinski definition) is 4. The van der Waals surface area contributed by atoms with Gasteiger partial charge in [0.05, 0.1) is 6.54 Å². The van der Waals surface area contributed by atoms with Gasteiger partial charge in [0.15, 0.2) is 4.67 Å². The van der Waals surface area contributed by atoms with Crippen LogP contribution >= 0.6 is 15.9 Å². The van der Waals surface area contributed by atoms with Gasteiger partial charge in [0.1, 0.15) is 10.7 Å². The zero-order valence-corrected chi connectivity index (χ0v) is 13.8. The molecule has 0 aromatic carbocycles. The maximum Gasteiger partial charge on any atom is 0.247 e. The Hall–Kier alpha value is -0.370. The number of halogens is 1. The number of furan rings is 1. The lowest BCUT2D eigenvalue weighted by Crippen LogP contribution is -2.42. The number of rotatable bonds is 4. The molecule has 0 radical (unpaired) electrons. The van der Waals surface area contributed by atoms with Gasteiger partial charge in [0, 0.05) is 18.2 Å². The molecular weight excluding hydrogens is 332 g/mol. The van der Waals surface area contributed by atoms with Crippen LogP contribution in [-0.4, -0.2) is 31.9 Å². The Balaban J connectivity index is 2.39. The first-order valence-corrected chi connectivity index (χ1v) is 8.48. The van der Waals surface area contributed by atoms with E-state index in [1.165, 1.54) is 0 Å². The summed E-state index contributed by atoms with van der Waals surface area (Å²) in [5.41, 5.74) is -0.335. The third kappa shape index (κ3) is 2.74. The second kappa shape index (κ2) is 5.20. The minimum atomic E-state index is -3.51. The molecular formula is C12H19BrN2O3S. The van der Waals surface area contributed by atoms with Crippen molar-refractivity contribution in [3.05, 3.63) is 16.5 Å². The quantitative estimate of drug-likeness (QED) is 0.904. The maximum atomic E-state index is 12.7. The Morgan fingerprint density at radius 3 is 2.74 bits per heavy atom. The Kier molecular flexibility index (Phi) is 4.11. The van der Waals surface area contributed by atoms with Crippen LogP contribution in [0.3, 0.4) is 0 Å². The van der Waals surface area contributed by atoms with Crippen molar-refractivity contribution >= 4 is 26.0 Å². The number of nitrogens with zero attached hydrogens (tertiary/aromatic N) is 1. The molecule has 0 bridgehead atoms. The van der Waals surface area contributed by atoms with E-state index in [-0.39, 0.29) is 15.1 Å². The normalized spacial score (nSPS) is 20.0. The van der Waals surface area contributed by atoms with E-state index in [2.05, 4.69) is 21.2 Å². The van der Waals surface area contributed by atoms with Crippen molar-refractivity contribution in [2.45, 2.75) is 43.7 Å². The average molecular weight is 351 g/mol. The summed E-state index contributed by atoms with van der Waals surface area (Å²) in [5.74, 6) is 0.602. The van der Waals surface area contributed by atoms with E-state index in [1.807, 2.05) is 13.8 Å². The Labute approximate surface area is 122 Å². The smallest absolute Gasteiger partial charge is 0.247 e. The van der Waals surface area contributed by atoms with Crippen molar-refractivity contribution in [3.63, 3.8) is 0 Å². The SMILES string of the molecule is CNCc1cc(S(=O)(=O)N2CCCC2(C)C)c(Br)o1. The van der Waals surface area contributed by atoms with Gasteiger partial charge in [-0.1, -0.05) is 0 Å². The predicted octanol–water partition coefficient (Wildman–Crippen LogP) is 2.32. The fourth-order valence-electron chi connectivity index (χ4n) is 2.48. The summed E-state index contributed by atoms with van der Waals surface area (Å²) in [4.78, 5) is 0.215. The summed E-state index contributed by atoms with van der Waals surface area (Å²) in [6.07, 6.45) is 1.77. The van der Waals surface area contributed by atoms with E-state index in [0.717, 1.165) is 12.8 Å². The molecule has 1 saturated heterocycles. The monoisotopic (exact) mass is 350 g/mol. The molecule has 2 heterocycles. The van der Waals surface area contributed by atoms with Gasteiger partial charge in [-0.15, -0.1) is 0 Å². The molecule has 5 nitrogen and oxygen atoms in total. The maximum absolute atomic E-state index is 12.7. The van der Waals surface area contributed by atoms with E-state index < -0.39 is 10.0 Å². The van der Waals surface area contributed by atoms with Crippen LogP contribution in [0.5, 0.6) is 0 Å². The van der Waals surface area contributed by atoms with Gasteiger partial charge in [0.25, 0.3) is 0 Å². The largest absolute Gasteiger partial charge is 0.452 e. The highest BCUT2D eigenvalue weighted by Crippen LogP contribution is 2.37. The number of hydrogen-bond donors (Lipinski definition) is 1. The van der Waals surface area contributed by atoms with Crippen LogP contribution in [-0.2, 0) is 16.6 Å². The molecule has 0 spiro atoms. The zero-order valence-electron chi connectivity index (χ0n) is 11.4. The fraction of sp³-hybridized carbons (Fsp3) is 0.667. The van der Waals surface area contributed by atoms with Crippen molar-refractivity contribution in [1.29, 1.82) is 0 Å². The molecule has 1 aliphatic rings. The standard InChI is InChI=1S/C12H19BrN2O3S/c1-12(2)5-4-6-15(12)19(16,17)10-7-9(8-14-3)18-11(10)13/h7,14H,4-6,8H2,1-3H3. The highest BCUT2D eigenvalue weighted by atomic mass is 79.9. The molecule has 108 valence electrons. The molecule has 19 heavy (non-hydrogen) atoms. The second-order valence-electron chi connectivity index (χ2n) is 5.37. The van der Waals surface area contributed by atoms with Gasteiger partial charge < -0.3 is 9.73 Å². The van der Waals surface area contributed by atoms with E-state index in [1.54, 1.807) is 17.4 Å². The summed E-state index contributed by atoms with van der Waals surface area (Å²) in [6.45, 7) is 4.98. The molecule has 1 fully saturated rings. The van der Waals surface area contributed by atoms with E-state index >= 15 is 0 Å². The first-order chi connectivity index (χ1) is 8.79. The van der Waals surface area contributed by atoms with Gasteiger partial charge in [-0.05, 0) is 49.7 Å². The lowest BCUT2D eigenvalue weighted by atomic mass is 10.0. The number of nitrogens with one attached hydrogen (secondary N) is 1. The van der Waals surface area contributed by atoms with Gasteiger partial charge in [-0.25, -0.2) is 8.42 Å². The predicted molar refractivity (Wildman–Crippen MR) is 76.4 cm³/mol. The van der Waals surface area contributed by atoms with Crippen LogP contribution in [0.15, 0.2) is 20.0 Å². The van der Waals surface area contributed by atoms with Gasteiger partial charge in [-0.3, -0.25) is 0 Å². The van der Waals surface area contributed by atoms with Gasteiger partial charge in [0.2, 0.25) is 10.0 Å². The molecule has 0 saturated carbocycles.